The van der Waals surface area contributed by atoms with Crippen LogP contribution in [0, 0.1) is 35.4 Å². The molecule has 26 heteroatoms. The van der Waals surface area contributed by atoms with E-state index in [1.165, 1.54) is 77.9 Å². The lowest BCUT2D eigenvalue weighted by molar-refractivity contribution is -0.149. The molecule has 7 atom stereocenters. The molecular weight excluding hydrogens is 1170 g/mol. The zero-order valence-electron chi connectivity index (χ0n) is 56.2. The molecule has 0 aromatic heterocycles. The van der Waals surface area contributed by atoms with Crippen molar-refractivity contribution in [3.05, 3.63) is 35.1 Å². The number of carbonyl (C=O) groups excluding carboxylic acids is 11. The van der Waals surface area contributed by atoms with Gasteiger partial charge in [0, 0.05) is 62.3 Å². The quantitative estimate of drug-likeness (QED) is 0.191. The number of likely N-dealkylation sites (N-methyl/N-ethyl adjacent to an activating group) is 7. The molecule has 4 N–H and O–H groups in total. The molecule has 508 valence electrons. The van der Waals surface area contributed by atoms with Gasteiger partial charge in [-0.2, -0.15) is 13.2 Å². The van der Waals surface area contributed by atoms with E-state index in [4.69, 9.17) is 0 Å². The van der Waals surface area contributed by atoms with Gasteiger partial charge in [-0.25, -0.2) is 4.39 Å². The van der Waals surface area contributed by atoms with Crippen molar-refractivity contribution < 1.29 is 70.3 Å². The van der Waals surface area contributed by atoms with Crippen LogP contribution in [0.2, 0.25) is 0 Å². The number of hydrogen-bond donors (Lipinski definition) is 4. The maximum atomic E-state index is 14.9. The highest BCUT2D eigenvalue weighted by Gasteiger charge is 2.43. The van der Waals surface area contributed by atoms with Crippen molar-refractivity contribution in [3.63, 3.8) is 0 Å². The third-order valence-electron chi connectivity index (χ3n) is 17.5. The predicted octanol–water partition coefficient (Wildman–Crippen LogP) is 5.00. The number of amides is 11. The molecule has 0 radical (unpaired) electrons. The summed E-state index contributed by atoms with van der Waals surface area (Å²) in [6.07, 6.45) is -0.595. The number of alkyl halides is 3. The molecule has 11 amide bonds. The van der Waals surface area contributed by atoms with Crippen LogP contribution in [0.1, 0.15) is 157 Å². The second kappa shape index (κ2) is 34.5. The number of nitrogens with one attached hydrogen (secondary N) is 4. The topological polar surface area (TPSA) is 259 Å². The van der Waals surface area contributed by atoms with E-state index >= 15 is 0 Å². The number of benzene rings is 1. The molecule has 1 aromatic rings. The molecule has 1 saturated heterocycles. The molecule has 90 heavy (non-hydrogen) atoms. The molecule has 0 bridgehead atoms. The maximum Gasteiger partial charge on any atom is 0.419 e. The van der Waals surface area contributed by atoms with Crippen LogP contribution >= 0.6 is 0 Å². The first-order valence-electron chi connectivity index (χ1n) is 31.6. The fourth-order valence-electron chi connectivity index (χ4n) is 11.2. The second-order valence-electron chi connectivity index (χ2n) is 26.7. The SMILES string of the molecule is CC[C@H](C)[C@@H]1NC(=O)[C@H](CC(C)C)N(C)C(=O)CCN(C)C(=O)[C@H](CC(C)C)NC(=O)C(C)(C)N(C)C(=O)[C@@H](CC(C)C)NC(=O)[C@H](CCc2ccc(C(F)(F)F)c(F)c2)NC(=O)CN(C)C(=O)[C@H](CC2CCCCC2)N(C)C(=O)CN(C)C(=O)CN(C)C1=O. The van der Waals surface area contributed by atoms with Gasteiger partial charge < -0.3 is 55.6 Å². The molecule has 0 unspecified atom stereocenters. The summed E-state index contributed by atoms with van der Waals surface area (Å²) in [5.74, 6) is -10.1. The van der Waals surface area contributed by atoms with Crippen molar-refractivity contribution >= 4 is 65.0 Å². The summed E-state index contributed by atoms with van der Waals surface area (Å²) in [4.78, 5) is 166. The first-order valence-corrected chi connectivity index (χ1v) is 31.6. The van der Waals surface area contributed by atoms with Gasteiger partial charge in [0.05, 0.1) is 25.2 Å². The van der Waals surface area contributed by atoms with Crippen molar-refractivity contribution in [1.82, 2.24) is 55.6 Å². The molecule has 2 aliphatic rings. The van der Waals surface area contributed by atoms with Gasteiger partial charge in [0.1, 0.15) is 47.6 Å². The Bertz CT molecular complexity index is 2690. The Labute approximate surface area is 530 Å². The highest BCUT2D eigenvalue weighted by Crippen LogP contribution is 2.33. The smallest absolute Gasteiger partial charge is 0.343 e. The number of rotatable bonds is 13. The van der Waals surface area contributed by atoms with Crippen LogP contribution in [-0.4, -0.2) is 217 Å². The van der Waals surface area contributed by atoms with Crippen molar-refractivity contribution in [2.75, 3.05) is 75.5 Å². The predicted molar refractivity (Wildman–Crippen MR) is 332 cm³/mol. The van der Waals surface area contributed by atoms with Gasteiger partial charge in [0.25, 0.3) is 0 Å². The number of carbonyl (C=O) groups is 11. The molecule has 2 fully saturated rings. The average Bonchev–Trinajstić information content (AvgIpc) is 1.26. The van der Waals surface area contributed by atoms with E-state index in [0.29, 0.717) is 18.6 Å². The lowest BCUT2D eigenvalue weighted by Crippen LogP contribution is -2.63. The lowest BCUT2D eigenvalue weighted by atomic mass is 9.84. The first-order chi connectivity index (χ1) is 41.7. The lowest BCUT2D eigenvalue weighted by Gasteiger charge is -2.38. The summed E-state index contributed by atoms with van der Waals surface area (Å²) in [7, 11) is 9.75. The van der Waals surface area contributed by atoms with Crippen molar-refractivity contribution in [3.8, 4) is 0 Å². The Morgan fingerprint density at radius 3 is 1.67 bits per heavy atom. The summed E-state index contributed by atoms with van der Waals surface area (Å²) in [5.41, 5.74) is -3.18. The monoisotopic (exact) mass is 1280 g/mol. The Morgan fingerprint density at radius 1 is 0.578 bits per heavy atom. The van der Waals surface area contributed by atoms with Crippen molar-refractivity contribution in [2.24, 2.45) is 29.6 Å². The largest absolute Gasteiger partial charge is 0.419 e. The standard InChI is InChI=1S/C64H103F4N11O11/c1-18-41(8)55-61(89)76(14)36-53(82)74(12)37-54(83)78(16)50(34-42-22-20-19-21-23-42)60(88)75(13)35-51(80)69-46(27-25-43-24-26-44(45(65)33-43)64(66,67)68)56(84)70-48(31-39(4)5)59(87)79(17)63(9,10)62(90)71-47(30-38(2)3)58(86)73(11)29-28-52(81)77(15)49(32-40(6)7)57(85)72-55/h24,26,33,38-42,46-50,55H,18-23,25,27-32,34-37H2,1-17H3,(H,69,80)(H,70,84)(H,71,90)(H,72,85)/t41-,46-,47-,48+,49-,50-,55-/m0/s1. The molecular formula is C64H103F4N11O11. The summed E-state index contributed by atoms with van der Waals surface area (Å²) in [6, 6.07) is -5.17. The Morgan fingerprint density at radius 2 is 1.12 bits per heavy atom. The maximum absolute atomic E-state index is 14.9. The Kier molecular flexibility index (Phi) is 29.7. The van der Waals surface area contributed by atoms with E-state index in [-0.39, 0.29) is 80.7 Å². The summed E-state index contributed by atoms with van der Waals surface area (Å²) < 4.78 is 55.6. The molecule has 1 heterocycles. The van der Waals surface area contributed by atoms with Gasteiger partial charge in [-0.3, -0.25) is 52.7 Å². The van der Waals surface area contributed by atoms with Crippen molar-refractivity contribution in [2.45, 2.75) is 201 Å². The van der Waals surface area contributed by atoms with E-state index in [2.05, 4.69) is 21.3 Å². The minimum Gasteiger partial charge on any atom is -0.343 e. The zero-order valence-corrected chi connectivity index (χ0v) is 56.2. The second-order valence-corrected chi connectivity index (χ2v) is 26.7. The minimum absolute atomic E-state index is 0.00143. The fourth-order valence-corrected chi connectivity index (χ4v) is 11.2. The third-order valence-corrected chi connectivity index (χ3v) is 17.5. The average molecular weight is 1280 g/mol. The highest BCUT2D eigenvalue weighted by molar-refractivity contribution is 5.98. The van der Waals surface area contributed by atoms with E-state index in [1.807, 2.05) is 34.6 Å². The van der Waals surface area contributed by atoms with E-state index in [9.17, 15) is 70.3 Å². The van der Waals surface area contributed by atoms with Gasteiger partial charge in [-0.05, 0) is 99.7 Å². The number of hydrogen-bond acceptors (Lipinski definition) is 11. The first kappa shape index (κ1) is 77.4. The van der Waals surface area contributed by atoms with Gasteiger partial charge in [0.15, 0.2) is 0 Å². The van der Waals surface area contributed by atoms with Crippen LogP contribution < -0.4 is 21.3 Å². The fraction of sp³-hybridized carbons (Fsp3) is 0.734. The molecule has 1 aliphatic heterocycles. The summed E-state index contributed by atoms with van der Waals surface area (Å²) in [5, 5.41) is 11.0. The highest BCUT2D eigenvalue weighted by atomic mass is 19.4. The molecule has 1 saturated carbocycles. The number of aryl methyl sites for hydroxylation is 1. The van der Waals surface area contributed by atoms with Gasteiger partial charge in [0.2, 0.25) is 65.0 Å². The summed E-state index contributed by atoms with van der Waals surface area (Å²) >= 11 is 0. The molecule has 1 aliphatic carbocycles. The summed E-state index contributed by atoms with van der Waals surface area (Å²) in [6.45, 7) is 15.6. The van der Waals surface area contributed by atoms with E-state index in [0.717, 1.165) is 57.8 Å². The number of nitrogens with zero attached hydrogens (tertiary/aromatic N) is 7. The van der Waals surface area contributed by atoms with E-state index < -0.39 is 150 Å². The normalized spacial score (nSPS) is 24.2. The molecule has 1 aromatic carbocycles. The third kappa shape index (κ3) is 22.5. The zero-order chi connectivity index (χ0) is 68.4. The molecule has 0 spiro atoms. The van der Waals surface area contributed by atoms with Gasteiger partial charge in [-0.15, -0.1) is 0 Å². The molecule has 22 nitrogen and oxygen atoms in total. The Hall–Kier alpha value is -6.89. The number of halogens is 4. The van der Waals surface area contributed by atoms with Crippen LogP contribution in [0.15, 0.2) is 18.2 Å². The van der Waals surface area contributed by atoms with Crippen LogP contribution in [0.25, 0.3) is 0 Å². The van der Waals surface area contributed by atoms with Crippen LogP contribution in [0.4, 0.5) is 17.6 Å². The van der Waals surface area contributed by atoms with Crippen molar-refractivity contribution in [1.29, 1.82) is 0 Å². The molecule has 3 rings (SSSR count). The van der Waals surface area contributed by atoms with Crippen LogP contribution in [0.5, 0.6) is 0 Å². The van der Waals surface area contributed by atoms with E-state index in [1.54, 1.807) is 20.8 Å². The Balaban J connectivity index is 2.20. The van der Waals surface area contributed by atoms with Gasteiger partial charge in [-0.1, -0.05) is 100.0 Å². The van der Waals surface area contributed by atoms with Gasteiger partial charge >= 0.3 is 6.18 Å². The minimum atomic E-state index is -5.00. The van der Waals surface area contributed by atoms with Crippen LogP contribution in [-0.2, 0) is 65.3 Å². The van der Waals surface area contributed by atoms with Crippen LogP contribution in [0.3, 0.4) is 0 Å².